The molecule has 308 valence electrons. The summed E-state index contributed by atoms with van der Waals surface area (Å²) in [6.07, 6.45) is -11.2. The van der Waals surface area contributed by atoms with Gasteiger partial charge in [-0.2, -0.15) is 26.3 Å². The molecule has 0 bridgehead atoms. The highest BCUT2D eigenvalue weighted by Crippen LogP contribution is 2.68. The molecule has 0 aromatic heterocycles. The number of phenolic OH excluding ortho intramolecular Hbond substituents is 1. The number of ether oxygens (including phenoxy) is 2. The van der Waals surface area contributed by atoms with Crippen molar-refractivity contribution in [3.8, 4) is 17.2 Å². The molecule has 3 fully saturated rings. The number of alkyl halides is 8. The molecule has 3 aromatic rings. The van der Waals surface area contributed by atoms with Crippen molar-refractivity contribution in [2.45, 2.75) is 40.9 Å². The zero-order valence-electron chi connectivity index (χ0n) is 28.9. The number of rotatable bonds is 5. The molecular weight excluding hydrogens is 852 g/mol. The number of hydrogen-bond donors (Lipinski definition) is 1. The minimum Gasteiger partial charge on any atom is -0.508 e. The SMILES string of the molecule is COc1cc(O)cc(OC)c1[C@H]1C2=CC[C@@H]3C(=O)N(c4cc(C(F)(F)F)cc(C(F)(F)F)c4)C(=O)[C@@H]3[C@@H]2C[C@@]2(Cl)C(=O)N(c3c(F)c(F)c(F)c(F)c3F)C(=O)[C@@]12Cl. The lowest BCUT2D eigenvalue weighted by atomic mass is 9.56. The maximum atomic E-state index is 15.3. The Morgan fingerprint density at radius 1 is 0.707 bits per heavy atom. The second kappa shape index (κ2) is 13.2. The first-order valence-corrected chi connectivity index (χ1v) is 17.2. The molecular formula is C36H21Cl2F11N2O7. The second-order valence-corrected chi connectivity index (χ2v) is 15.0. The molecule has 0 unspecified atom stereocenters. The first kappa shape index (κ1) is 41.1. The highest BCUT2D eigenvalue weighted by atomic mass is 35.5. The van der Waals surface area contributed by atoms with E-state index in [9.17, 15) is 63.8 Å². The standard InChI is InChI=1S/C36H21Cl2F11N2O7/c1-57-18-8-14(52)9-19(58-2)21(18)22-15-3-4-16-20(30(54)50(29(16)53)13-6-11(35(44,45)46)5-12(7-13)36(47,48)49)17(15)10-33(37)31(55)51(32(56)34(22,33)38)28-26(42)24(40)23(39)25(41)27(28)43/h3,5-9,16-17,20,22,52H,4,10H2,1-2H3/t16-,17+,20-,22+,33+,34-/m0/s1. The van der Waals surface area contributed by atoms with Gasteiger partial charge < -0.3 is 14.6 Å². The highest BCUT2D eigenvalue weighted by Gasteiger charge is 2.77. The molecule has 58 heavy (non-hydrogen) atoms. The van der Waals surface area contributed by atoms with Crippen molar-refractivity contribution in [2.24, 2.45) is 17.8 Å². The molecule has 2 heterocycles. The largest absolute Gasteiger partial charge is 0.508 e. The van der Waals surface area contributed by atoms with Crippen molar-refractivity contribution in [3.05, 3.63) is 87.8 Å². The Bertz CT molecular complexity index is 2320. The first-order chi connectivity index (χ1) is 26.9. The second-order valence-electron chi connectivity index (χ2n) is 13.7. The Labute approximate surface area is 327 Å². The summed E-state index contributed by atoms with van der Waals surface area (Å²) >= 11 is 14.2. The number of carbonyl (C=O) groups excluding carboxylic acids is 4. The topological polar surface area (TPSA) is 113 Å². The molecule has 1 saturated carbocycles. The zero-order chi connectivity index (χ0) is 42.9. The van der Waals surface area contributed by atoms with Gasteiger partial charge in [-0.05, 0) is 37.0 Å². The van der Waals surface area contributed by atoms with Crippen LogP contribution in [0.2, 0.25) is 0 Å². The van der Waals surface area contributed by atoms with Crippen LogP contribution in [-0.2, 0) is 31.5 Å². The van der Waals surface area contributed by atoms with Crippen molar-refractivity contribution >= 4 is 58.2 Å². The Hall–Kier alpha value is -5.11. The maximum absolute atomic E-state index is 15.3. The summed E-state index contributed by atoms with van der Waals surface area (Å²) in [6.45, 7) is 0. The summed E-state index contributed by atoms with van der Waals surface area (Å²) in [7, 11) is 2.09. The predicted molar refractivity (Wildman–Crippen MR) is 177 cm³/mol. The number of fused-ring (bicyclic) bond motifs is 4. The fourth-order valence-electron chi connectivity index (χ4n) is 8.42. The van der Waals surface area contributed by atoms with Crippen LogP contribution in [0, 0.1) is 46.8 Å². The molecule has 3 aromatic carbocycles. The van der Waals surface area contributed by atoms with Gasteiger partial charge in [0.15, 0.2) is 33.0 Å². The van der Waals surface area contributed by atoms with Crippen molar-refractivity contribution in [1.82, 2.24) is 0 Å². The number of phenols is 1. The van der Waals surface area contributed by atoms with Crippen LogP contribution < -0.4 is 19.3 Å². The number of allylic oxidation sites excluding steroid dienone is 2. The average Bonchev–Trinajstić information content (AvgIpc) is 3.50. The zero-order valence-corrected chi connectivity index (χ0v) is 30.4. The van der Waals surface area contributed by atoms with E-state index in [4.69, 9.17) is 32.7 Å². The van der Waals surface area contributed by atoms with Crippen molar-refractivity contribution in [1.29, 1.82) is 0 Å². The van der Waals surface area contributed by atoms with E-state index in [1.54, 1.807) is 0 Å². The van der Waals surface area contributed by atoms with Crippen LogP contribution in [0.25, 0.3) is 0 Å². The summed E-state index contributed by atoms with van der Waals surface area (Å²) in [5, 5.41) is 10.4. The molecule has 2 aliphatic carbocycles. The van der Waals surface area contributed by atoms with E-state index < -0.39 is 144 Å². The molecule has 0 radical (unpaired) electrons. The Morgan fingerprint density at radius 3 is 1.69 bits per heavy atom. The van der Waals surface area contributed by atoms with E-state index in [0.29, 0.717) is 0 Å². The highest BCUT2D eigenvalue weighted by molar-refractivity contribution is 6.58. The molecule has 4 aliphatic rings. The molecule has 7 rings (SSSR count). The molecule has 0 spiro atoms. The monoisotopic (exact) mass is 872 g/mol. The fraction of sp³-hybridized carbons (Fsp3) is 0.333. The number of imide groups is 2. The minimum absolute atomic E-state index is 0.0968. The van der Waals surface area contributed by atoms with Gasteiger partial charge >= 0.3 is 12.4 Å². The van der Waals surface area contributed by atoms with Crippen molar-refractivity contribution < 1.29 is 82.1 Å². The third-order valence-corrected chi connectivity index (χ3v) is 12.3. The van der Waals surface area contributed by atoms with Crippen LogP contribution in [0.3, 0.4) is 0 Å². The number of aromatic hydroxyl groups is 1. The van der Waals surface area contributed by atoms with E-state index in [-0.39, 0.29) is 45.7 Å². The lowest BCUT2D eigenvalue weighted by Crippen LogP contribution is -2.60. The van der Waals surface area contributed by atoms with Gasteiger partial charge in [-0.15, -0.1) is 23.2 Å². The fourth-order valence-corrected chi connectivity index (χ4v) is 9.33. The van der Waals surface area contributed by atoms with Crippen LogP contribution in [0.5, 0.6) is 17.2 Å². The van der Waals surface area contributed by atoms with Gasteiger partial charge in [0.25, 0.3) is 11.8 Å². The van der Waals surface area contributed by atoms with Gasteiger partial charge in [0.05, 0.1) is 42.9 Å². The van der Waals surface area contributed by atoms with E-state index >= 15 is 8.78 Å². The number of anilines is 2. The number of benzene rings is 3. The number of methoxy groups -OCH3 is 2. The number of carbonyl (C=O) groups is 4. The molecule has 1 N–H and O–H groups in total. The molecule has 9 nitrogen and oxygen atoms in total. The lowest BCUT2D eigenvalue weighted by Gasteiger charge is -2.51. The molecule has 22 heteroatoms. The Morgan fingerprint density at radius 2 is 1.21 bits per heavy atom. The third-order valence-electron chi connectivity index (χ3n) is 10.9. The Balaban J connectivity index is 1.46. The van der Waals surface area contributed by atoms with Gasteiger partial charge in [0, 0.05) is 23.6 Å². The van der Waals surface area contributed by atoms with E-state index in [0.717, 1.165) is 26.4 Å². The molecule has 2 aliphatic heterocycles. The van der Waals surface area contributed by atoms with Crippen LogP contribution in [0.15, 0.2) is 42.0 Å². The average molecular weight is 873 g/mol. The smallest absolute Gasteiger partial charge is 0.416 e. The number of halogens is 13. The number of nitrogens with zero attached hydrogens (tertiary/aromatic N) is 2. The van der Waals surface area contributed by atoms with Gasteiger partial charge in [0.2, 0.25) is 17.6 Å². The van der Waals surface area contributed by atoms with Crippen LogP contribution in [0.4, 0.5) is 59.7 Å². The molecule has 4 amide bonds. The van der Waals surface area contributed by atoms with Crippen LogP contribution in [0.1, 0.15) is 35.4 Å². The predicted octanol–water partition coefficient (Wildman–Crippen LogP) is 7.91. The summed E-state index contributed by atoms with van der Waals surface area (Å²) in [5.74, 6) is -27.8. The number of hydrogen-bond acceptors (Lipinski definition) is 7. The third kappa shape index (κ3) is 5.49. The van der Waals surface area contributed by atoms with Crippen LogP contribution in [-0.4, -0.2) is 52.7 Å². The van der Waals surface area contributed by atoms with Crippen molar-refractivity contribution in [3.63, 3.8) is 0 Å². The van der Waals surface area contributed by atoms with E-state index in [1.165, 1.54) is 6.08 Å². The van der Waals surface area contributed by atoms with E-state index in [1.807, 2.05) is 0 Å². The van der Waals surface area contributed by atoms with E-state index in [2.05, 4.69) is 0 Å². The van der Waals surface area contributed by atoms with Gasteiger partial charge in [-0.25, -0.2) is 31.8 Å². The minimum atomic E-state index is -5.40. The van der Waals surface area contributed by atoms with Gasteiger partial charge in [-0.1, -0.05) is 11.6 Å². The first-order valence-electron chi connectivity index (χ1n) is 16.5. The normalized spacial score (nSPS) is 27.1. The van der Waals surface area contributed by atoms with Gasteiger partial charge in [0.1, 0.15) is 22.9 Å². The summed E-state index contributed by atoms with van der Waals surface area (Å²) in [5.41, 5.74) is -7.46. The summed E-state index contributed by atoms with van der Waals surface area (Å²) in [4.78, 5) is 50.7. The Kier molecular flexibility index (Phi) is 9.35. The molecule has 6 atom stereocenters. The van der Waals surface area contributed by atoms with Gasteiger partial charge in [-0.3, -0.25) is 19.2 Å². The number of amides is 4. The quantitative estimate of drug-likeness (QED) is 0.0693. The lowest BCUT2D eigenvalue weighted by molar-refractivity contribution is -0.143. The molecule has 2 saturated heterocycles. The van der Waals surface area contributed by atoms with Crippen molar-refractivity contribution in [2.75, 3.05) is 24.0 Å². The summed E-state index contributed by atoms with van der Waals surface area (Å²) in [6, 6.07) is 1.94. The van der Waals surface area contributed by atoms with Crippen LogP contribution >= 0.6 is 23.2 Å². The summed E-state index contributed by atoms with van der Waals surface area (Å²) < 4.78 is 168. The maximum Gasteiger partial charge on any atom is 0.416 e.